The van der Waals surface area contributed by atoms with E-state index in [1.807, 2.05) is 0 Å². The molecule has 1 aromatic carbocycles. The molecule has 0 saturated heterocycles. The summed E-state index contributed by atoms with van der Waals surface area (Å²) in [5, 5.41) is 2.89. The van der Waals surface area contributed by atoms with Crippen molar-refractivity contribution in [3.05, 3.63) is 53.1 Å². The fourth-order valence-corrected chi connectivity index (χ4v) is 3.12. The first kappa shape index (κ1) is 17.4. The van der Waals surface area contributed by atoms with Gasteiger partial charge in [0.25, 0.3) is 0 Å². The number of carbonyl (C=O) groups excluding carboxylic acids is 1. The third-order valence-electron chi connectivity index (χ3n) is 4.39. The zero-order valence-electron chi connectivity index (χ0n) is 13.5. The molecule has 7 heteroatoms. The maximum absolute atomic E-state index is 14.3. The number of nitrogens with one attached hydrogen (secondary N) is 1. The Morgan fingerprint density at radius 3 is 2.68 bits per heavy atom. The van der Waals surface area contributed by atoms with Crippen molar-refractivity contribution in [2.45, 2.75) is 38.4 Å². The molecule has 1 amide bonds. The van der Waals surface area contributed by atoms with E-state index >= 15 is 0 Å². The highest BCUT2D eigenvalue weighted by atomic mass is 19.4. The molecule has 2 aromatic rings. The van der Waals surface area contributed by atoms with E-state index < -0.39 is 17.6 Å². The lowest BCUT2D eigenvalue weighted by Crippen LogP contribution is -2.26. The van der Waals surface area contributed by atoms with Gasteiger partial charge in [0.2, 0.25) is 5.91 Å². The molecule has 1 N–H and O–H groups in total. The monoisotopic (exact) mass is 352 g/mol. The lowest BCUT2D eigenvalue weighted by atomic mass is 9.97. The van der Waals surface area contributed by atoms with Crippen molar-refractivity contribution < 1.29 is 22.4 Å². The molecule has 0 spiro atoms. The van der Waals surface area contributed by atoms with Gasteiger partial charge in [0, 0.05) is 29.9 Å². The number of hydrogen-bond acceptors (Lipinski definition) is 2. The molecular weight excluding hydrogens is 336 g/mol. The summed E-state index contributed by atoms with van der Waals surface area (Å²) in [6, 6.07) is 2.30. The van der Waals surface area contributed by atoms with Crippen LogP contribution in [0.15, 0.2) is 30.6 Å². The van der Waals surface area contributed by atoms with Gasteiger partial charge in [-0.2, -0.15) is 13.2 Å². The van der Waals surface area contributed by atoms with Crippen LogP contribution >= 0.6 is 0 Å². The normalized spacial score (nSPS) is 16.6. The van der Waals surface area contributed by atoms with Gasteiger partial charge < -0.3 is 5.32 Å². The minimum atomic E-state index is -4.59. The van der Waals surface area contributed by atoms with Crippen LogP contribution < -0.4 is 5.32 Å². The highest BCUT2D eigenvalue weighted by Crippen LogP contribution is 2.39. The summed E-state index contributed by atoms with van der Waals surface area (Å²) in [5.41, 5.74) is 1.13. The largest absolute Gasteiger partial charge is 0.416 e. The van der Waals surface area contributed by atoms with E-state index in [-0.39, 0.29) is 17.5 Å². The average molecular weight is 352 g/mol. The van der Waals surface area contributed by atoms with Gasteiger partial charge in [-0.3, -0.25) is 9.78 Å². The molecule has 0 radical (unpaired) electrons. The number of pyridine rings is 1. The molecule has 3 nitrogen and oxygen atoms in total. The van der Waals surface area contributed by atoms with Gasteiger partial charge in [-0.25, -0.2) is 4.39 Å². The van der Waals surface area contributed by atoms with Crippen LogP contribution in [0.5, 0.6) is 0 Å². The molecule has 1 atom stereocenters. The molecule has 1 aromatic heterocycles. The van der Waals surface area contributed by atoms with Crippen LogP contribution in [0.4, 0.5) is 17.6 Å². The van der Waals surface area contributed by atoms with Gasteiger partial charge in [-0.15, -0.1) is 0 Å². The van der Waals surface area contributed by atoms with Crippen LogP contribution in [0.3, 0.4) is 0 Å². The molecule has 1 aliphatic rings. The maximum Gasteiger partial charge on any atom is 0.416 e. The summed E-state index contributed by atoms with van der Waals surface area (Å²) >= 11 is 0. The molecule has 1 heterocycles. The predicted molar refractivity (Wildman–Crippen MR) is 84.1 cm³/mol. The van der Waals surface area contributed by atoms with Gasteiger partial charge in [-0.05, 0) is 36.1 Å². The Morgan fingerprint density at radius 1 is 1.28 bits per heavy atom. The van der Waals surface area contributed by atoms with Crippen LogP contribution in [-0.4, -0.2) is 10.9 Å². The molecule has 1 aliphatic carbocycles. The molecular formula is C18H16F4N2O. The van der Waals surface area contributed by atoms with E-state index in [1.165, 1.54) is 6.20 Å². The van der Waals surface area contributed by atoms with Crippen LogP contribution in [0.1, 0.15) is 42.5 Å². The summed E-state index contributed by atoms with van der Waals surface area (Å²) in [5.74, 6) is -1.03. The maximum atomic E-state index is 14.3. The average Bonchev–Trinajstić information content (AvgIpc) is 2.97. The highest BCUT2D eigenvalue weighted by molar-refractivity contribution is 5.77. The summed E-state index contributed by atoms with van der Waals surface area (Å²) in [4.78, 5) is 15.7. The van der Waals surface area contributed by atoms with Crippen molar-refractivity contribution in [1.82, 2.24) is 10.3 Å². The lowest BCUT2D eigenvalue weighted by molar-refractivity contribution is -0.137. The summed E-state index contributed by atoms with van der Waals surface area (Å²) in [6.45, 7) is 1.75. The highest BCUT2D eigenvalue weighted by Gasteiger charge is 2.32. The van der Waals surface area contributed by atoms with Crippen molar-refractivity contribution in [2.24, 2.45) is 0 Å². The number of aromatic nitrogens is 1. The van der Waals surface area contributed by atoms with Gasteiger partial charge in [0.05, 0.1) is 11.6 Å². The number of halogens is 4. The van der Waals surface area contributed by atoms with Gasteiger partial charge >= 0.3 is 6.18 Å². The van der Waals surface area contributed by atoms with E-state index in [1.54, 1.807) is 13.1 Å². The Kier molecular flexibility index (Phi) is 4.49. The van der Waals surface area contributed by atoms with Crippen molar-refractivity contribution in [3.63, 3.8) is 0 Å². The van der Waals surface area contributed by atoms with Crippen LogP contribution in [-0.2, 0) is 17.4 Å². The van der Waals surface area contributed by atoms with Gasteiger partial charge in [0.15, 0.2) is 0 Å². The zero-order chi connectivity index (χ0) is 18.2. The fraction of sp³-hybridized carbons (Fsp3) is 0.333. The standard InChI is InChI=1S/C18H16F4N2O/c1-2-17(25)24-16-6-5-11-13(8-23-9-14(11)16)12-4-3-10(7-15(12)19)18(20,21)22/h3-4,7-9,16H,2,5-6H2,1H3,(H,24,25). The first-order chi connectivity index (χ1) is 11.8. The molecule has 25 heavy (non-hydrogen) atoms. The Morgan fingerprint density at radius 2 is 2.04 bits per heavy atom. The summed E-state index contributed by atoms with van der Waals surface area (Å²) in [6.07, 6.45) is 0.0888. The summed E-state index contributed by atoms with van der Waals surface area (Å²) < 4.78 is 52.4. The smallest absolute Gasteiger partial charge is 0.349 e. The number of benzene rings is 1. The molecule has 0 saturated carbocycles. The Hall–Kier alpha value is -2.44. The van der Waals surface area contributed by atoms with Crippen molar-refractivity contribution in [3.8, 4) is 11.1 Å². The molecule has 0 bridgehead atoms. The number of nitrogens with zero attached hydrogens (tertiary/aromatic N) is 1. The van der Waals surface area contributed by atoms with E-state index in [2.05, 4.69) is 10.3 Å². The minimum Gasteiger partial charge on any atom is -0.349 e. The minimum absolute atomic E-state index is 0.0832. The van der Waals surface area contributed by atoms with Crippen LogP contribution in [0.2, 0.25) is 0 Å². The molecule has 3 rings (SSSR count). The SMILES string of the molecule is CCC(=O)NC1CCc2c(-c3ccc(C(F)(F)F)cc3F)cncc21. The number of rotatable bonds is 3. The van der Waals surface area contributed by atoms with Crippen molar-refractivity contribution in [1.29, 1.82) is 0 Å². The molecule has 0 fully saturated rings. The molecule has 132 valence electrons. The Labute approximate surface area is 142 Å². The third-order valence-corrected chi connectivity index (χ3v) is 4.39. The first-order valence-corrected chi connectivity index (χ1v) is 7.94. The zero-order valence-corrected chi connectivity index (χ0v) is 13.5. The quantitative estimate of drug-likeness (QED) is 0.831. The van der Waals surface area contributed by atoms with E-state index in [0.717, 1.165) is 23.3 Å². The van der Waals surface area contributed by atoms with Crippen LogP contribution in [0, 0.1) is 5.82 Å². The Balaban J connectivity index is 1.99. The number of amides is 1. The fourth-order valence-electron chi connectivity index (χ4n) is 3.12. The number of alkyl halides is 3. The van der Waals surface area contributed by atoms with Crippen molar-refractivity contribution >= 4 is 5.91 Å². The summed E-state index contributed by atoms with van der Waals surface area (Å²) in [7, 11) is 0. The number of fused-ring (bicyclic) bond motifs is 1. The van der Waals surface area contributed by atoms with Gasteiger partial charge in [-0.1, -0.05) is 13.0 Å². The van der Waals surface area contributed by atoms with E-state index in [4.69, 9.17) is 0 Å². The van der Waals surface area contributed by atoms with E-state index in [9.17, 15) is 22.4 Å². The Bertz CT molecular complexity index is 817. The lowest BCUT2D eigenvalue weighted by Gasteiger charge is -2.15. The molecule has 1 unspecified atom stereocenters. The predicted octanol–water partition coefficient (Wildman–Crippen LogP) is 4.42. The van der Waals surface area contributed by atoms with Crippen molar-refractivity contribution in [2.75, 3.05) is 0 Å². The van der Waals surface area contributed by atoms with Gasteiger partial charge in [0.1, 0.15) is 5.82 Å². The van der Waals surface area contributed by atoms with E-state index in [0.29, 0.717) is 30.9 Å². The second-order valence-electron chi connectivity index (χ2n) is 5.96. The third kappa shape index (κ3) is 3.36. The topological polar surface area (TPSA) is 42.0 Å². The van der Waals surface area contributed by atoms with Crippen LogP contribution in [0.25, 0.3) is 11.1 Å². The second kappa shape index (κ2) is 6.46. The number of hydrogen-bond donors (Lipinski definition) is 1. The first-order valence-electron chi connectivity index (χ1n) is 7.94. The number of carbonyl (C=O) groups is 1. The second-order valence-corrected chi connectivity index (χ2v) is 5.96. The molecule has 0 aliphatic heterocycles.